The van der Waals surface area contributed by atoms with E-state index in [9.17, 15) is 10.1 Å². The summed E-state index contributed by atoms with van der Waals surface area (Å²) in [6, 6.07) is 9.92. The zero-order valence-corrected chi connectivity index (χ0v) is 10.1. The van der Waals surface area contributed by atoms with Crippen molar-refractivity contribution in [3.05, 3.63) is 41.2 Å². The van der Waals surface area contributed by atoms with Crippen molar-refractivity contribution in [1.82, 2.24) is 4.98 Å². The minimum Gasteiger partial charge on any atom is -0.465 e. The summed E-state index contributed by atoms with van der Waals surface area (Å²) in [5.74, 6) is -0.141. The first-order chi connectivity index (χ1) is 9.29. The number of carbonyl (C=O) groups excluding carboxylic acids is 1. The van der Waals surface area contributed by atoms with E-state index in [1.165, 1.54) is 0 Å². The molecule has 2 heterocycles. The first-order valence-corrected chi connectivity index (χ1v) is 6.28. The van der Waals surface area contributed by atoms with E-state index >= 15 is 0 Å². The zero-order chi connectivity index (χ0) is 13.0. The van der Waals surface area contributed by atoms with E-state index in [0.29, 0.717) is 18.7 Å². The Morgan fingerprint density at radius 1 is 1.26 bits per heavy atom. The maximum atomic E-state index is 11.7. The molecule has 0 amide bonds. The summed E-state index contributed by atoms with van der Waals surface area (Å²) in [6.07, 6.45) is 0.596. The molecule has 0 bridgehead atoms. The molecule has 1 aliphatic heterocycles. The van der Waals surface area contributed by atoms with Gasteiger partial charge in [0, 0.05) is 23.4 Å². The van der Waals surface area contributed by atoms with Crippen molar-refractivity contribution in [3.8, 4) is 6.07 Å². The number of cyclic esters (lactones) is 1. The van der Waals surface area contributed by atoms with E-state index < -0.39 is 0 Å². The van der Waals surface area contributed by atoms with E-state index in [2.05, 4.69) is 11.1 Å². The molecule has 1 aliphatic carbocycles. The van der Waals surface area contributed by atoms with Crippen molar-refractivity contribution in [1.29, 1.82) is 5.26 Å². The van der Waals surface area contributed by atoms with Gasteiger partial charge in [-0.2, -0.15) is 5.26 Å². The molecule has 0 spiro atoms. The largest absolute Gasteiger partial charge is 0.465 e. The first-order valence-electron chi connectivity index (χ1n) is 6.28. The quantitative estimate of drug-likeness (QED) is 0.670. The maximum Gasteiger partial charge on any atom is 0.310 e. The number of aromatic nitrogens is 1. The molecule has 19 heavy (non-hydrogen) atoms. The number of carbonyl (C=O) groups is 1. The van der Waals surface area contributed by atoms with Gasteiger partial charge in [-0.3, -0.25) is 4.79 Å². The third-order valence-electron chi connectivity index (χ3n) is 4.11. The molecule has 4 rings (SSSR count). The molecule has 1 saturated heterocycles. The molecule has 2 aliphatic rings. The van der Waals surface area contributed by atoms with Crippen LogP contribution in [0.1, 0.15) is 22.9 Å². The van der Waals surface area contributed by atoms with Crippen LogP contribution >= 0.6 is 0 Å². The second kappa shape index (κ2) is 3.55. The van der Waals surface area contributed by atoms with Crippen LogP contribution in [0.4, 0.5) is 0 Å². The lowest BCUT2D eigenvalue weighted by atomic mass is 9.92. The minimum absolute atomic E-state index is 0.104. The molecule has 2 atom stereocenters. The molecular weight excluding hydrogens is 240 g/mol. The van der Waals surface area contributed by atoms with E-state index in [-0.39, 0.29) is 17.8 Å². The molecule has 0 unspecified atom stereocenters. The van der Waals surface area contributed by atoms with Crippen molar-refractivity contribution < 1.29 is 9.53 Å². The van der Waals surface area contributed by atoms with Crippen molar-refractivity contribution in [2.75, 3.05) is 6.61 Å². The molecule has 4 heteroatoms. The number of benzene rings is 1. The van der Waals surface area contributed by atoms with Gasteiger partial charge in [0.2, 0.25) is 0 Å². The number of fused-ring (bicyclic) bond motifs is 5. The van der Waals surface area contributed by atoms with Gasteiger partial charge in [-0.05, 0) is 10.9 Å². The summed E-state index contributed by atoms with van der Waals surface area (Å²) < 4.78 is 5.15. The van der Waals surface area contributed by atoms with Gasteiger partial charge in [-0.15, -0.1) is 0 Å². The summed E-state index contributed by atoms with van der Waals surface area (Å²) in [6.45, 7) is 0.439. The van der Waals surface area contributed by atoms with Crippen molar-refractivity contribution in [3.63, 3.8) is 0 Å². The number of rotatable bonds is 0. The Labute approximate surface area is 109 Å². The van der Waals surface area contributed by atoms with E-state index in [0.717, 1.165) is 22.0 Å². The third kappa shape index (κ3) is 1.27. The molecular formula is C15H10N2O2. The van der Waals surface area contributed by atoms with Gasteiger partial charge in [-0.25, -0.2) is 4.98 Å². The monoisotopic (exact) mass is 250 g/mol. The molecule has 1 aromatic carbocycles. The number of nitriles is 1. The van der Waals surface area contributed by atoms with Crippen molar-refractivity contribution in [2.45, 2.75) is 12.3 Å². The Morgan fingerprint density at radius 2 is 2.05 bits per heavy atom. The lowest BCUT2D eigenvalue weighted by Gasteiger charge is -2.10. The number of nitrogens with zero attached hydrogens (tertiary/aromatic N) is 2. The summed E-state index contributed by atoms with van der Waals surface area (Å²) in [7, 11) is 0. The second-order valence-electron chi connectivity index (χ2n) is 5.03. The normalized spacial score (nSPS) is 23.8. The van der Waals surface area contributed by atoms with Gasteiger partial charge in [0.05, 0.1) is 12.5 Å². The van der Waals surface area contributed by atoms with Crippen LogP contribution in [-0.2, 0) is 16.0 Å². The predicted molar refractivity (Wildman–Crippen MR) is 67.4 cm³/mol. The number of pyridine rings is 1. The number of hydrogen-bond donors (Lipinski definition) is 0. The number of hydrogen-bond acceptors (Lipinski definition) is 4. The highest BCUT2D eigenvalue weighted by molar-refractivity contribution is 5.92. The Hall–Kier alpha value is -2.41. The molecule has 1 fully saturated rings. The predicted octanol–water partition coefficient (Wildman–Crippen LogP) is 1.92. The Bertz CT molecular complexity index is 761. The van der Waals surface area contributed by atoms with E-state index in [1.54, 1.807) is 0 Å². The summed E-state index contributed by atoms with van der Waals surface area (Å²) in [4.78, 5) is 16.1. The number of esters is 1. The standard InChI is InChI=1S/C15H10N2O2/c16-6-13-8-3-1-2-4-9(8)14-11-7-19-15(18)10(11)5-12(14)17-13/h1-4,10-11H,5,7H2/t10-,11-/m0/s1. The Balaban J connectivity index is 2.06. The third-order valence-corrected chi connectivity index (χ3v) is 4.11. The van der Waals surface area contributed by atoms with Crippen LogP contribution < -0.4 is 0 Å². The van der Waals surface area contributed by atoms with Gasteiger partial charge in [0.15, 0.2) is 0 Å². The van der Waals surface area contributed by atoms with Crippen molar-refractivity contribution >= 4 is 16.7 Å². The van der Waals surface area contributed by atoms with Gasteiger partial charge in [0.25, 0.3) is 0 Å². The van der Waals surface area contributed by atoms with E-state index in [1.807, 2.05) is 24.3 Å². The molecule has 0 N–H and O–H groups in total. The lowest BCUT2D eigenvalue weighted by Crippen LogP contribution is -2.09. The highest BCUT2D eigenvalue weighted by atomic mass is 16.5. The Kier molecular flexibility index (Phi) is 1.96. The van der Waals surface area contributed by atoms with Crippen LogP contribution in [0.25, 0.3) is 10.8 Å². The highest BCUT2D eigenvalue weighted by Gasteiger charge is 2.45. The molecule has 0 saturated carbocycles. The van der Waals surface area contributed by atoms with Crippen LogP contribution in [-0.4, -0.2) is 17.6 Å². The van der Waals surface area contributed by atoms with E-state index in [4.69, 9.17) is 4.74 Å². The second-order valence-corrected chi connectivity index (χ2v) is 5.03. The molecule has 4 nitrogen and oxygen atoms in total. The molecule has 1 aromatic heterocycles. The maximum absolute atomic E-state index is 11.7. The van der Waals surface area contributed by atoms with Crippen molar-refractivity contribution in [2.24, 2.45) is 5.92 Å². The van der Waals surface area contributed by atoms with Crippen LogP contribution in [0.3, 0.4) is 0 Å². The number of ether oxygens (including phenoxy) is 1. The van der Waals surface area contributed by atoms with Crippen LogP contribution in [0.2, 0.25) is 0 Å². The van der Waals surface area contributed by atoms with Crippen LogP contribution in [0, 0.1) is 17.2 Å². The lowest BCUT2D eigenvalue weighted by molar-refractivity contribution is -0.141. The topological polar surface area (TPSA) is 63.0 Å². The average molecular weight is 250 g/mol. The summed E-state index contributed by atoms with van der Waals surface area (Å²) >= 11 is 0. The van der Waals surface area contributed by atoms with Gasteiger partial charge < -0.3 is 4.74 Å². The van der Waals surface area contributed by atoms with Crippen LogP contribution in [0.15, 0.2) is 24.3 Å². The molecule has 0 radical (unpaired) electrons. The summed E-state index contributed by atoms with van der Waals surface area (Å²) in [5, 5.41) is 11.1. The zero-order valence-electron chi connectivity index (χ0n) is 10.1. The van der Waals surface area contributed by atoms with Gasteiger partial charge in [-0.1, -0.05) is 24.3 Å². The minimum atomic E-state index is -0.134. The highest BCUT2D eigenvalue weighted by Crippen LogP contribution is 2.45. The van der Waals surface area contributed by atoms with Gasteiger partial charge >= 0.3 is 5.97 Å². The average Bonchev–Trinajstić information content (AvgIpc) is 2.98. The first kappa shape index (κ1) is 10.5. The molecule has 2 aromatic rings. The van der Waals surface area contributed by atoms with Crippen LogP contribution in [0.5, 0.6) is 0 Å². The summed E-state index contributed by atoms with van der Waals surface area (Å²) in [5.41, 5.74) is 2.44. The Morgan fingerprint density at radius 3 is 2.84 bits per heavy atom. The SMILES string of the molecule is N#Cc1nc2c(c3ccccc13)[C@H]1COC(=O)[C@H]1C2. The van der Waals surface area contributed by atoms with Gasteiger partial charge in [0.1, 0.15) is 11.8 Å². The smallest absolute Gasteiger partial charge is 0.310 e. The fraction of sp³-hybridized carbons (Fsp3) is 0.267. The fourth-order valence-electron chi connectivity index (χ4n) is 3.27. The molecule has 92 valence electrons. The fourth-order valence-corrected chi connectivity index (χ4v) is 3.27.